The molecule has 1 N–H and O–H groups in total. The van der Waals surface area contributed by atoms with Crippen LogP contribution in [-0.4, -0.2) is 9.78 Å². The summed E-state index contributed by atoms with van der Waals surface area (Å²) in [4.78, 5) is 0. The number of hydrogen-bond acceptors (Lipinski definition) is 2. The molecule has 0 spiro atoms. The van der Waals surface area contributed by atoms with E-state index in [0.717, 1.165) is 11.4 Å². The third kappa shape index (κ3) is 2.41. The third-order valence-electron chi connectivity index (χ3n) is 4.69. The fraction of sp³-hybridized carbons (Fsp3) is 0.286. The van der Waals surface area contributed by atoms with Crippen LogP contribution >= 0.6 is 0 Å². The van der Waals surface area contributed by atoms with Gasteiger partial charge in [-0.3, -0.25) is 0 Å². The zero-order valence-electron chi connectivity index (χ0n) is 14.7. The first-order chi connectivity index (χ1) is 11.4. The number of anilines is 1. The van der Waals surface area contributed by atoms with Gasteiger partial charge in [-0.2, -0.15) is 5.10 Å². The van der Waals surface area contributed by atoms with Crippen molar-refractivity contribution in [2.45, 2.75) is 39.3 Å². The van der Waals surface area contributed by atoms with E-state index in [1.165, 1.54) is 22.4 Å². The Kier molecular flexibility index (Phi) is 3.27. The molecule has 4 rings (SSSR count). The van der Waals surface area contributed by atoms with E-state index in [1.54, 1.807) is 0 Å². The van der Waals surface area contributed by atoms with Gasteiger partial charge in [0, 0.05) is 11.3 Å². The average Bonchev–Trinajstić information content (AvgIpc) is 2.95. The van der Waals surface area contributed by atoms with Gasteiger partial charge in [0.05, 0.1) is 11.4 Å². The lowest BCUT2D eigenvalue weighted by atomic mass is 9.86. The van der Waals surface area contributed by atoms with Crippen molar-refractivity contribution in [3.63, 3.8) is 0 Å². The largest absolute Gasteiger partial charge is 0.359 e. The first kappa shape index (κ1) is 15.0. The SMILES string of the molecule is Cc1cc2n(n1)C(c1ccc(C(C)(C)C)cc1)Nc1ccccc1-2. The first-order valence-corrected chi connectivity index (χ1v) is 8.46. The van der Waals surface area contributed by atoms with Crippen LogP contribution in [0.15, 0.2) is 54.6 Å². The number of aromatic nitrogens is 2. The summed E-state index contributed by atoms with van der Waals surface area (Å²) in [6.45, 7) is 8.78. The summed E-state index contributed by atoms with van der Waals surface area (Å²) in [6.07, 6.45) is 0.0256. The molecule has 3 heteroatoms. The number of hydrogen-bond donors (Lipinski definition) is 1. The minimum Gasteiger partial charge on any atom is -0.359 e. The smallest absolute Gasteiger partial charge is 0.147 e. The van der Waals surface area contributed by atoms with Gasteiger partial charge < -0.3 is 5.32 Å². The van der Waals surface area contributed by atoms with Gasteiger partial charge in [-0.25, -0.2) is 4.68 Å². The molecule has 0 bridgehead atoms. The highest BCUT2D eigenvalue weighted by Crippen LogP contribution is 2.38. The average molecular weight is 317 g/mol. The Morgan fingerprint density at radius 3 is 2.42 bits per heavy atom. The molecule has 1 unspecified atom stereocenters. The van der Waals surface area contributed by atoms with Crippen molar-refractivity contribution in [1.82, 2.24) is 9.78 Å². The number of nitrogens with zero attached hydrogens (tertiary/aromatic N) is 2. The number of para-hydroxylation sites is 1. The molecule has 1 atom stereocenters. The zero-order chi connectivity index (χ0) is 16.9. The van der Waals surface area contributed by atoms with Gasteiger partial charge in [0.25, 0.3) is 0 Å². The van der Waals surface area contributed by atoms with Crippen molar-refractivity contribution in [1.29, 1.82) is 0 Å². The molecule has 0 amide bonds. The topological polar surface area (TPSA) is 29.9 Å². The van der Waals surface area contributed by atoms with Crippen LogP contribution in [0.5, 0.6) is 0 Å². The fourth-order valence-corrected chi connectivity index (χ4v) is 3.35. The maximum atomic E-state index is 4.73. The van der Waals surface area contributed by atoms with Gasteiger partial charge in [-0.05, 0) is 35.6 Å². The van der Waals surface area contributed by atoms with E-state index in [4.69, 9.17) is 5.10 Å². The van der Waals surface area contributed by atoms with Crippen molar-refractivity contribution in [2.75, 3.05) is 5.32 Å². The summed E-state index contributed by atoms with van der Waals surface area (Å²) in [7, 11) is 0. The maximum Gasteiger partial charge on any atom is 0.147 e. The van der Waals surface area contributed by atoms with E-state index in [9.17, 15) is 0 Å². The van der Waals surface area contributed by atoms with E-state index in [0.29, 0.717) is 0 Å². The normalized spacial score (nSPS) is 16.2. The van der Waals surface area contributed by atoms with Crippen LogP contribution < -0.4 is 5.32 Å². The zero-order valence-corrected chi connectivity index (χ0v) is 14.7. The van der Waals surface area contributed by atoms with Gasteiger partial charge >= 0.3 is 0 Å². The highest BCUT2D eigenvalue weighted by atomic mass is 15.4. The third-order valence-corrected chi connectivity index (χ3v) is 4.69. The molecule has 3 aromatic rings. The molecule has 2 aromatic carbocycles. The van der Waals surface area contributed by atoms with Gasteiger partial charge in [0.1, 0.15) is 6.17 Å². The van der Waals surface area contributed by atoms with E-state index >= 15 is 0 Å². The molecule has 122 valence electrons. The minimum absolute atomic E-state index is 0.0256. The summed E-state index contributed by atoms with van der Waals surface area (Å²) in [5.41, 5.74) is 7.32. The van der Waals surface area contributed by atoms with Crippen molar-refractivity contribution >= 4 is 5.69 Å². The molecular weight excluding hydrogens is 294 g/mol. The van der Waals surface area contributed by atoms with E-state index in [-0.39, 0.29) is 11.6 Å². The molecule has 0 saturated heterocycles. The Hall–Kier alpha value is -2.55. The van der Waals surface area contributed by atoms with Crippen LogP contribution in [0.2, 0.25) is 0 Å². The van der Waals surface area contributed by atoms with Gasteiger partial charge in [0.15, 0.2) is 0 Å². The molecule has 0 saturated carbocycles. The number of aryl methyl sites for hydroxylation is 1. The molecule has 1 aromatic heterocycles. The molecular formula is C21H23N3. The summed E-state index contributed by atoms with van der Waals surface area (Å²) < 4.78 is 2.10. The fourth-order valence-electron chi connectivity index (χ4n) is 3.35. The van der Waals surface area contributed by atoms with Gasteiger partial charge in [-0.15, -0.1) is 0 Å². The Morgan fingerprint density at radius 2 is 1.71 bits per heavy atom. The number of rotatable bonds is 1. The Balaban J connectivity index is 1.80. The Labute approximate surface area is 143 Å². The second kappa shape index (κ2) is 5.23. The lowest BCUT2D eigenvalue weighted by molar-refractivity contribution is 0.567. The standard InChI is InChI=1S/C21H23N3/c1-14-13-19-17-7-5-6-8-18(17)22-20(24(19)23-14)15-9-11-16(12-10-15)21(2,3)4/h5-13,20,22H,1-4H3. The lowest BCUT2D eigenvalue weighted by Gasteiger charge is -2.29. The number of fused-ring (bicyclic) bond motifs is 3. The highest BCUT2D eigenvalue weighted by molar-refractivity contribution is 5.78. The van der Waals surface area contributed by atoms with Crippen LogP contribution in [0.1, 0.15) is 43.8 Å². The van der Waals surface area contributed by atoms with Crippen molar-refractivity contribution in [3.8, 4) is 11.3 Å². The molecule has 1 aliphatic rings. The Bertz CT molecular complexity index is 882. The predicted molar refractivity (Wildman–Crippen MR) is 99.3 cm³/mol. The second-order valence-electron chi connectivity index (χ2n) is 7.58. The molecule has 0 fully saturated rings. The molecule has 0 radical (unpaired) electrons. The van der Waals surface area contributed by atoms with Crippen molar-refractivity contribution < 1.29 is 0 Å². The van der Waals surface area contributed by atoms with E-state index in [2.05, 4.69) is 85.4 Å². The Morgan fingerprint density at radius 1 is 1.00 bits per heavy atom. The van der Waals surface area contributed by atoms with Crippen LogP contribution in [0, 0.1) is 6.92 Å². The van der Waals surface area contributed by atoms with E-state index in [1.807, 2.05) is 6.92 Å². The molecule has 2 heterocycles. The summed E-state index contributed by atoms with van der Waals surface area (Å²) in [5, 5.41) is 8.37. The molecule has 3 nitrogen and oxygen atoms in total. The first-order valence-electron chi connectivity index (χ1n) is 8.46. The van der Waals surface area contributed by atoms with Crippen LogP contribution in [0.3, 0.4) is 0 Å². The van der Waals surface area contributed by atoms with Gasteiger partial charge in [0.2, 0.25) is 0 Å². The minimum atomic E-state index is 0.0256. The quantitative estimate of drug-likeness (QED) is 0.674. The maximum absolute atomic E-state index is 4.73. The number of benzene rings is 2. The van der Waals surface area contributed by atoms with Crippen molar-refractivity contribution in [2.24, 2.45) is 0 Å². The highest BCUT2D eigenvalue weighted by Gasteiger charge is 2.26. The van der Waals surface area contributed by atoms with Crippen LogP contribution in [0.25, 0.3) is 11.3 Å². The molecule has 1 aliphatic heterocycles. The van der Waals surface area contributed by atoms with Crippen LogP contribution in [-0.2, 0) is 5.41 Å². The van der Waals surface area contributed by atoms with Crippen molar-refractivity contribution in [3.05, 3.63) is 71.4 Å². The lowest BCUT2D eigenvalue weighted by Crippen LogP contribution is -2.25. The number of nitrogens with one attached hydrogen (secondary N) is 1. The van der Waals surface area contributed by atoms with Crippen LogP contribution in [0.4, 0.5) is 5.69 Å². The summed E-state index contributed by atoms with van der Waals surface area (Å²) in [5.74, 6) is 0. The van der Waals surface area contributed by atoms with E-state index < -0.39 is 0 Å². The summed E-state index contributed by atoms with van der Waals surface area (Å²) >= 11 is 0. The summed E-state index contributed by atoms with van der Waals surface area (Å²) in [6, 6.07) is 19.5. The predicted octanol–water partition coefficient (Wildman–Crippen LogP) is 5.13. The van der Waals surface area contributed by atoms with Gasteiger partial charge in [-0.1, -0.05) is 63.2 Å². The second-order valence-corrected chi connectivity index (χ2v) is 7.58. The molecule has 24 heavy (non-hydrogen) atoms. The monoisotopic (exact) mass is 317 g/mol. The molecule has 0 aliphatic carbocycles.